The lowest BCUT2D eigenvalue weighted by Gasteiger charge is -2.28. The van der Waals surface area contributed by atoms with E-state index in [-0.39, 0.29) is 34.8 Å². The number of methoxy groups -OCH3 is 1. The second-order valence-electron chi connectivity index (χ2n) is 7.86. The largest absolute Gasteiger partial charge is 0.496 e. The lowest BCUT2D eigenvalue weighted by atomic mass is 10.0. The minimum atomic E-state index is -3.73. The van der Waals surface area contributed by atoms with Gasteiger partial charge in [-0.05, 0) is 25.0 Å². The van der Waals surface area contributed by atoms with Gasteiger partial charge in [0.2, 0.25) is 15.7 Å². The molecule has 0 saturated carbocycles. The third kappa shape index (κ3) is 4.68. The fraction of sp³-hybridized carbons (Fsp3) is 0.292. The van der Waals surface area contributed by atoms with Gasteiger partial charge in [0.1, 0.15) is 11.3 Å². The smallest absolute Gasteiger partial charge is 0.261 e. The Hall–Kier alpha value is -3.46. The average molecular weight is 468 g/mol. The van der Waals surface area contributed by atoms with Crippen molar-refractivity contribution in [1.29, 1.82) is 0 Å². The summed E-state index contributed by atoms with van der Waals surface area (Å²) in [5.41, 5.74) is 2.77. The maximum atomic E-state index is 13.8. The van der Waals surface area contributed by atoms with Crippen molar-refractivity contribution in [2.45, 2.75) is 25.0 Å². The molecule has 1 aliphatic heterocycles. The van der Waals surface area contributed by atoms with Crippen molar-refractivity contribution >= 4 is 15.7 Å². The number of aromatic nitrogens is 2. The van der Waals surface area contributed by atoms with E-state index in [9.17, 15) is 13.2 Å². The summed E-state index contributed by atoms with van der Waals surface area (Å²) in [5, 5.41) is -0.371. The quantitative estimate of drug-likeness (QED) is 0.531. The Balaban J connectivity index is 1.89. The highest BCUT2D eigenvalue weighted by Crippen LogP contribution is 2.34. The molecule has 0 bridgehead atoms. The number of nitrogens with zero attached hydrogens (tertiary/aromatic N) is 3. The van der Waals surface area contributed by atoms with Gasteiger partial charge in [-0.1, -0.05) is 42.5 Å². The number of hydrogen-bond donors (Lipinski definition) is 0. The van der Waals surface area contributed by atoms with Crippen molar-refractivity contribution in [2.75, 3.05) is 26.5 Å². The van der Waals surface area contributed by atoms with Gasteiger partial charge in [0, 0.05) is 30.5 Å². The average Bonchev–Trinajstić information content (AvgIpc) is 2.79. The molecule has 1 aromatic heterocycles. The Morgan fingerprint density at radius 3 is 2.55 bits per heavy atom. The highest BCUT2D eigenvalue weighted by Gasteiger charge is 2.31. The van der Waals surface area contributed by atoms with E-state index in [2.05, 4.69) is 9.97 Å². The first-order valence-electron chi connectivity index (χ1n) is 10.5. The van der Waals surface area contributed by atoms with Gasteiger partial charge >= 0.3 is 0 Å². The van der Waals surface area contributed by atoms with Gasteiger partial charge in [0.25, 0.3) is 11.1 Å². The van der Waals surface area contributed by atoms with Crippen LogP contribution >= 0.6 is 0 Å². The van der Waals surface area contributed by atoms with Crippen molar-refractivity contribution in [1.82, 2.24) is 14.9 Å². The topological polar surface area (TPSA) is 98.7 Å². The SMILES string of the molecule is COc1ccccc1CN1CCCOc2nc(S(C)(=O)=O)nc(-c3ccccc3C)c2C1=O. The molecule has 2 heterocycles. The molecule has 9 heteroatoms. The molecular weight excluding hydrogens is 442 g/mol. The standard InChI is InChI=1S/C24H25N3O5S/c1-16-9-4-6-11-18(16)21-20-22(26-24(25-21)33(3,29)30)32-14-8-13-27(23(20)28)15-17-10-5-7-12-19(17)31-2/h4-7,9-12H,8,13-15H2,1-3H3. The van der Waals surface area contributed by atoms with Crippen LogP contribution in [0.1, 0.15) is 27.9 Å². The van der Waals surface area contributed by atoms with Gasteiger partial charge in [-0.2, -0.15) is 4.98 Å². The van der Waals surface area contributed by atoms with Crippen LogP contribution in [0.5, 0.6) is 11.6 Å². The Labute approximate surface area is 193 Å². The van der Waals surface area contributed by atoms with Crippen LogP contribution in [0.2, 0.25) is 0 Å². The first kappa shape index (κ1) is 22.7. The van der Waals surface area contributed by atoms with Crippen LogP contribution < -0.4 is 9.47 Å². The number of carbonyl (C=O) groups excluding carboxylic acids is 1. The molecule has 0 fully saturated rings. The van der Waals surface area contributed by atoms with Crippen molar-refractivity contribution in [2.24, 2.45) is 0 Å². The molecule has 1 aliphatic rings. The number of hydrogen-bond acceptors (Lipinski definition) is 7. The number of sulfone groups is 1. The van der Waals surface area contributed by atoms with Crippen LogP contribution in [0.4, 0.5) is 0 Å². The zero-order valence-electron chi connectivity index (χ0n) is 18.7. The number of aryl methyl sites for hydroxylation is 1. The van der Waals surface area contributed by atoms with Crippen molar-refractivity contribution in [3.05, 3.63) is 65.2 Å². The molecule has 3 aromatic rings. The summed E-state index contributed by atoms with van der Waals surface area (Å²) in [6, 6.07) is 14.9. The number of amides is 1. The summed E-state index contributed by atoms with van der Waals surface area (Å²) in [6.07, 6.45) is 1.60. The van der Waals surface area contributed by atoms with E-state index in [0.717, 1.165) is 17.4 Å². The van der Waals surface area contributed by atoms with Gasteiger partial charge in [-0.25, -0.2) is 13.4 Å². The van der Waals surface area contributed by atoms with E-state index in [1.807, 2.05) is 49.4 Å². The Bertz CT molecular complexity index is 1310. The maximum Gasteiger partial charge on any atom is 0.261 e. The van der Waals surface area contributed by atoms with Crippen LogP contribution in [-0.4, -0.2) is 55.7 Å². The normalized spacial score (nSPS) is 14.2. The van der Waals surface area contributed by atoms with Gasteiger partial charge < -0.3 is 14.4 Å². The highest BCUT2D eigenvalue weighted by molar-refractivity contribution is 7.90. The molecule has 0 spiro atoms. The van der Waals surface area contributed by atoms with Crippen molar-refractivity contribution in [3.8, 4) is 22.9 Å². The Morgan fingerprint density at radius 2 is 1.82 bits per heavy atom. The fourth-order valence-corrected chi connectivity index (χ4v) is 4.30. The molecular formula is C24H25N3O5S. The van der Waals surface area contributed by atoms with E-state index >= 15 is 0 Å². The lowest BCUT2D eigenvalue weighted by molar-refractivity contribution is 0.0708. The third-order valence-corrected chi connectivity index (χ3v) is 6.30. The number of rotatable bonds is 5. The molecule has 0 unspecified atom stereocenters. The molecule has 0 N–H and O–H groups in total. The zero-order valence-corrected chi connectivity index (χ0v) is 19.6. The molecule has 0 atom stereocenters. The molecule has 172 valence electrons. The van der Waals surface area contributed by atoms with Crippen molar-refractivity contribution < 1.29 is 22.7 Å². The number of ether oxygens (including phenoxy) is 2. The molecule has 2 aromatic carbocycles. The number of benzene rings is 2. The van der Waals surface area contributed by atoms with E-state index < -0.39 is 9.84 Å². The number of fused-ring (bicyclic) bond motifs is 1. The Morgan fingerprint density at radius 1 is 1.09 bits per heavy atom. The van der Waals surface area contributed by atoms with E-state index in [1.54, 1.807) is 18.1 Å². The lowest BCUT2D eigenvalue weighted by Crippen LogP contribution is -2.35. The first-order chi connectivity index (χ1) is 15.8. The number of para-hydroxylation sites is 1. The van der Waals surface area contributed by atoms with Gasteiger partial charge in [0.05, 0.1) is 19.4 Å². The molecule has 33 heavy (non-hydrogen) atoms. The summed E-state index contributed by atoms with van der Waals surface area (Å²) in [7, 11) is -2.14. The monoisotopic (exact) mass is 467 g/mol. The summed E-state index contributed by atoms with van der Waals surface area (Å²) in [6.45, 7) is 2.95. The van der Waals surface area contributed by atoms with Crippen LogP contribution in [-0.2, 0) is 16.4 Å². The molecule has 1 amide bonds. The first-order valence-corrected chi connectivity index (χ1v) is 12.4. The maximum absolute atomic E-state index is 13.8. The van der Waals surface area contributed by atoms with Gasteiger partial charge in [-0.3, -0.25) is 4.79 Å². The zero-order chi connectivity index (χ0) is 23.6. The van der Waals surface area contributed by atoms with Crippen LogP contribution in [0.15, 0.2) is 53.7 Å². The van der Waals surface area contributed by atoms with Gasteiger partial charge in [0.15, 0.2) is 0 Å². The van der Waals surface area contributed by atoms with E-state index in [4.69, 9.17) is 9.47 Å². The minimum Gasteiger partial charge on any atom is -0.496 e. The molecule has 4 rings (SSSR count). The number of carbonyl (C=O) groups is 1. The summed E-state index contributed by atoms with van der Waals surface area (Å²) in [4.78, 5) is 24.0. The van der Waals surface area contributed by atoms with Gasteiger partial charge in [-0.15, -0.1) is 0 Å². The molecule has 0 radical (unpaired) electrons. The van der Waals surface area contributed by atoms with Crippen LogP contribution in [0.3, 0.4) is 0 Å². The Kier molecular flexibility index (Phi) is 6.33. The third-order valence-electron chi connectivity index (χ3n) is 5.45. The molecule has 0 saturated heterocycles. The minimum absolute atomic E-state index is 0.0154. The van der Waals surface area contributed by atoms with Crippen LogP contribution in [0.25, 0.3) is 11.3 Å². The predicted octanol–water partition coefficient (Wildman–Crippen LogP) is 3.29. The van der Waals surface area contributed by atoms with E-state index in [0.29, 0.717) is 30.8 Å². The summed E-state index contributed by atoms with van der Waals surface area (Å²) in [5.74, 6) is 0.346. The van der Waals surface area contributed by atoms with E-state index in [1.165, 1.54) is 0 Å². The van der Waals surface area contributed by atoms with Crippen LogP contribution in [0, 0.1) is 6.92 Å². The highest BCUT2D eigenvalue weighted by atomic mass is 32.2. The molecule has 0 aliphatic carbocycles. The van der Waals surface area contributed by atoms with Crippen molar-refractivity contribution in [3.63, 3.8) is 0 Å². The summed E-state index contributed by atoms with van der Waals surface area (Å²) < 4.78 is 35.9. The second-order valence-corrected chi connectivity index (χ2v) is 9.77. The fourth-order valence-electron chi connectivity index (χ4n) is 3.79. The predicted molar refractivity (Wildman–Crippen MR) is 123 cm³/mol. The molecule has 8 nitrogen and oxygen atoms in total. The summed E-state index contributed by atoms with van der Waals surface area (Å²) >= 11 is 0. The second kappa shape index (κ2) is 9.19.